The smallest absolute Gasteiger partial charge is 0.272 e. The van der Waals surface area contributed by atoms with E-state index in [2.05, 4.69) is 29.4 Å². The van der Waals surface area contributed by atoms with Crippen LogP contribution in [0.3, 0.4) is 0 Å². The van der Waals surface area contributed by atoms with Crippen LogP contribution >= 0.6 is 11.3 Å². The second kappa shape index (κ2) is 9.60. The molecule has 7 nitrogen and oxygen atoms in total. The summed E-state index contributed by atoms with van der Waals surface area (Å²) in [7, 11) is 0. The molecule has 4 rings (SSSR count). The normalized spacial score (nSPS) is 11.6. The molecule has 0 unspecified atom stereocenters. The number of aromatic nitrogens is 4. The molecule has 3 heterocycles. The second-order valence-electron chi connectivity index (χ2n) is 8.28. The second-order valence-corrected chi connectivity index (χ2v) is 9.20. The highest BCUT2D eigenvalue weighted by Crippen LogP contribution is 2.21. The van der Waals surface area contributed by atoms with Crippen LogP contribution in [-0.4, -0.2) is 25.1 Å². The molecule has 0 radical (unpaired) electrons. The highest BCUT2D eigenvalue weighted by Gasteiger charge is 2.17. The number of hydrogen-bond acceptors (Lipinski definition) is 5. The van der Waals surface area contributed by atoms with Crippen molar-refractivity contribution in [3.8, 4) is 0 Å². The van der Waals surface area contributed by atoms with E-state index in [0.717, 1.165) is 23.3 Å². The van der Waals surface area contributed by atoms with Crippen molar-refractivity contribution >= 4 is 33.2 Å². The zero-order chi connectivity index (χ0) is 22.7. The maximum atomic E-state index is 13.0. The first-order chi connectivity index (χ1) is 15.4. The molecule has 4 aromatic rings. The third kappa shape index (κ3) is 4.72. The van der Waals surface area contributed by atoms with E-state index >= 15 is 0 Å². The average molecular weight is 456 g/mol. The van der Waals surface area contributed by atoms with Crippen LogP contribution < -0.4 is 10.9 Å². The Labute approximate surface area is 188 Å². The highest BCUT2D eigenvalue weighted by atomic mass is 32.1. The zero-order valence-corrected chi connectivity index (χ0v) is 19.0. The Morgan fingerprint density at radius 1 is 1.19 bits per heavy atom. The van der Waals surface area contributed by atoms with Crippen LogP contribution in [0.2, 0.25) is 0 Å². The molecule has 0 aliphatic heterocycles. The van der Waals surface area contributed by atoms with Crippen LogP contribution in [0.25, 0.3) is 16.0 Å². The molecule has 0 aliphatic rings. The topological polar surface area (TPSA) is 81.3 Å². The van der Waals surface area contributed by atoms with Crippen molar-refractivity contribution in [3.05, 3.63) is 63.3 Å². The summed E-state index contributed by atoms with van der Waals surface area (Å²) in [5.74, 6) is 1.40. The minimum absolute atomic E-state index is 0.0257. The van der Waals surface area contributed by atoms with Gasteiger partial charge in [0.1, 0.15) is 16.3 Å². The van der Waals surface area contributed by atoms with Gasteiger partial charge in [-0.1, -0.05) is 26.0 Å². The lowest BCUT2D eigenvalue weighted by Crippen LogP contribution is -2.23. The fourth-order valence-electron chi connectivity index (χ4n) is 3.63. The lowest BCUT2D eigenvalue weighted by molar-refractivity contribution is -0.121. The maximum absolute atomic E-state index is 13.0. The van der Waals surface area contributed by atoms with Crippen molar-refractivity contribution in [2.24, 2.45) is 5.92 Å². The summed E-state index contributed by atoms with van der Waals surface area (Å²) in [4.78, 5) is 25.2. The predicted octanol–water partition coefficient (Wildman–Crippen LogP) is 3.93. The van der Waals surface area contributed by atoms with Crippen molar-refractivity contribution in [1.82, 2.24) is 24.5 Å². The Kier molecular flexibility index (Phi) is 6.64. The van der Waals surface area contributed by atoms with Gasteiger partial charge in [-0.3, -0.25) is 18.6 Å². The first kappa shape index (κ1) is 22.1. The van der Waals surface area contributed by atoms with Crippen LogP contribution in [0.15, 0.2) is 40.5 Å². The Morgan fingerprint density at radius 2 is 1.97 bits per heavy atom. The quantitative estimate of drug-likeness (QED) is 0.415. The van der Waals surface area contributed by atoms with Gasteiger partial charge in [-0.25, -0.2) is 4.39 Å². The Hall–Kier alpha value is -3.07. The molecule has 1 aromatic carbocycles. The number of rotatable bonds is 9. The number of nitrogens with zero attached hydrogens (tertiary/aromatic N) is 4. The number of carbonyl (C=O) groups is 1. The first-order valence-corrected chi connectivity index (χ1v) is 11.7. The molecule has 9 heteroatoms. The number of nitrogens with one attached hydrogen (secondary N) is 1. The predicted molar refractivity (Wildman–Crippen MR) is 123 cm³/mol. The van der Waals surface area contributed by atoms with Crippen molar-refractivity contribution in [1.29, 1.82) is 0 Å². The van der Waals surface area contributed by atoms with Crippen molar-refractivity contribution < 1.29 is 9.18 Å². The molecule has 0 saturated heterocycles. The lowest BCUT2D eigenvalue weighted by atomic mass is 10.1. The SMILES string of the molecule is CC(C)CCn1c(=O)c2sccc2n2c(CCCC(=O)NCc3ccc(F)cc3)nnc12. The van der Waals surface area contributed by atoms with Crippen molar-refractivity contribution in [2.45, 2.75) is 52.6 Å². The molecule has 32 heavy (non-hydrogen) atoms. The van der Waals surface area contributed by atoms with Crippen LogP contribution in [0.4, 0.5) is 4.39 Å². The molecule has 0 aliphatic carbocycles. The Balaban J connectivity index is 1.46. The third-order valence-corrected chi connectivity index (χ3v) is 6.31. The number of aryl methyl sites for hydroxylation is 2. The summed E-state index contributed by atoms with van der Waals surface area (Å²) < 4.78 is 17.3. The number of amides is 1. The van der Waals surface area contributed by atoms with Crippen LogP contribution in [-0.2, 0) is 24.3 Å². The summed E-state index contributed by atoms with van der Waals surface area (Å²) in [6.45, 7) is 5.22. The van der Waals surface area contributed by atoms with Gasteiger partial charge in [-0.15, -0.1) is 21.5 Å². The van der Waals surface area contributed by atoms with E-state index in [-0.39, 0.29) is 17.3 Å². The van der Waals surface area contributed by atoms with E-state index in [0.29, 0.717) is 48.7 Å². The number of benzene rings is 1. The average Bonchev–Trinajstić information content (AvgIpc) is 3.40. The summed E-state index contributed by atoms with van der Waals surface area (Å²) in [5, 5.41) is 13.4. The molecular weight excluding hydrogens is 429 g/mol. The standard InChI is InChI=1S/C23H26FN5O2S/c1-15(2)10-12-28-22(31)21-18(11-13-32-21)29-19(26-27-23(28)29)4-3-5-20(30)25-14-16-6-8-17(24)9-7-16/h6-9,11,13,15H,3-5,10,12,14H2,1-2H3,(H,25,30). The molecule has 0 saturated carbocycles. The number of halogens is 1. The molecule has 1 N–H and O–H groups in total. The van der Waals surface area contributed by atoms with Gasteiger partial charge in [0, 0.05) is 25.9 Å². The van der Waals surface area contributed by atoms with E-state index in [9.17, 15) is 14.0 Å². The molecule has 0 atom stereocenters. The molecule has 168 valence electrons. The van der Waals surface area contributed by atoms with Gasteiger partial charge in [0.15, 0.2) is 0 Å². The van der Waals surface area contributed by atoms with E-state index in [1.165, 1.54) is 23.5 Å². The Bertz CT molecular complexity index is 1290. The van der Waals surface area contributed by atoms with Gasteiger partial charge in [-0.2, -0.15) is 0 Å². The number of carbonyl (C=O) groups excluding carboxylic acids is 1. The number of thiophene rings is 1. The van der Waals surface area contributed by atoms with E-state index in [1.807, 2.05) is 15.8 Å². The van der Waals surface area contributed by atoms with Crippen molar-refractivity contribution in [2.75, 3.05) is 0 Å². The minimum Gasteiger partial charge on any atom is -0.352 e. The van der Waals surface area contributed by atoms with Gasteiger partial charge in [0.2, 0.25) is 11.7 Å². The molecule has 0 fully saturated rings. The van der Waals surface area contributed by atoms with Gasteiger partial charge in [-0.05, 0) is 47.9 Å². The molecule has 0 spiro atoms. The maximum Gasteiger partial charge on any atom is 0.272 e. The Morgan fingerprint density at radius 3 is 2.72 bits per heavy atom. The number of hydrogen-bond donors (Lipinski definition) is 1. The van der Waals surface area contributed by atoms with Crippen LogP contribution in [0, 0.1) is 11.7 Å². The van der Waals surface area contributed by atoms with E-state index in [4.69, 9.17) is 0 Å². The zero-order valence-electron chi connectivity index (χ0n) is 18.2. The largest absolute Gasteiger partial charge is 0.352 e. The molecule has 1 amide bonds. The van der Waals surface area contributed by atoms with E-state index in [1.54, 1.807) is 16.7 Å². The van der Waals surface area contributed by atoms with Crippen molar-refractivity contribution in [3.63, 3.8) is 0 Å². The summed E-state index contributed by atoms with van der Waals surface area (Å²) >= 11 is 1.43. The molecular formula is C23H26FN5O2S. The molecule has 0 bridgehead atoms. The van der Waals surface area contributed by atoms with Crippen LogP contribution in [0.1, 0.15) is 44.5 Å². The fourth-order valence-corrected chi connectivity index (χ4v) is 4.45. The highest BCUT2D eigenvalue weighted by molar-refractivity contribution is 7.17. The summed E-state index contributed by atoms with van der Waals surface area (Å²) in [5.41, 5.74) is 1.64. The van der Waals surface area contributed by atoms with Gasteiger partial charge >= 0.3 is 0 Å². The minimum atomic E-state index is -0.296. The molecule has 3 aromatic heterocycles. The fraction of sp³-hybridized carbons (Fsp3) is 0.391. The monoisotopic (exact) mass is 455 g/mol. The summed E-state index contributed by atoms with van der Waals surface area (Å²) in [6.07, 6.45) is 2.39. The van der Waals surface area contributed by atoms with Gasteiger partial charge in [0.05, 0.1) is 5.52 Å². The number of fused-ring (bicyclic) bond motifs is 3. The summed E-state index contributed by atoms with van der Waals surface area (Å²) in [6, 6.07) is 7.99. The lowest BCUT2D eigenvalue weighted by Gasteiger charge is -2.11. The van der Waals surface area contributed by atoms with E-state index < -0.39 is 0 Å². The third-order valence-electron chi connectivity index (χ3n) is 5.42. The van der Waals surface area contributed by atoms with Gasteiger partial charge in [0.25, 0.3) is 5.56 Å². The van der Waals surface area contributed by atoms with Crippen LogP contribution in [0.5, 0.6) is 0 Å². The van der Waals surface area contributed by atoms with Gasteiger partial charge < -0.3 is 5.32 Å². The first-order valence-electron chi connectivity index (χ1n) is 10.8.